The average Bonchev–Trinajstić information content (AvgIpc) is 2.92. The molecule has 3 nitrogen and oxygen atoms in total. The first-order valence-corrected chi connectivity index (χ1v) is 7.91. The van der Waals surface area contributed by atoms with Crippen molar-refractivity contribution < 1.29 is 14.3 Å². The van der Waals surface area contributed by atoms with Gasteiger partial charge in [0.2, 0.25) is 0 Å². The molecular formula is C17H22FNO2. The Morgan fingerprint density at radius 2 is 2.05 bits per heavy atom. The van der Waals surface area contributed by atoms with E-state index >= 15 is 0 Å². The van der Waals surface area contributed by atoms with Gasteiger partial charge in [0.05, 0.1) is 6.10 Å². The number of aliphatic hydroxyl groups excluding tert-OH is 1. The number of piperidine rings is 1. The number of hydrogen-bond donors (Lipinski definition) is 1. The maximum Gasteiger partial charge on any atom is 0.254 e. The van der Waals surface area contributed by atoms with Gasteiger partial charge in [0.25, 0.3) is 5.91 Å². The summed E-state index contributed by atoms with van der Waals surface area (Å²) in [5, 5.41) is 10.2. The van der Waals surface area contributed by atoms with E-state index in [4.69, 9.17) is 0 Å². The van der Waals surface area contributed by atoms with E-state index in [0.717, 1.165) is 38.5 Å². The number of nitrogens with zero attached hydrogens (tertiary/aromatic N) is 1. The first-order chi connectivity index (χ1) is 10.2. The molecule has 0 bridgehead atoms. The number of likely N-dealkylation sites (tertiary alicyclic amines) is 1. The Morgan fingerprint density at radius 1 is 1.19 bits per heavy atom. The lowest BCUT2D eigenvalue weighted by atomic mass is 9.87. The third-order valence-electron chi connectivity index (χ3n) is 4.91. The quantitative estimate of drug-likeness (QED) is 0.910. The Bertz CT molecular complexity index is 519. The molecule has 2 aliphatic rings. The summed E-state index contributed by atoms with van der Waals surface area (Å²) >= 11 is 0. The molecule has 114 valence electrons. The van der Waals surface area contributed by atoms with Gasteiger partial charge in [-0.1, -0.05) is 12.5 Å². The zero-order chi connectivity index (χ0) is 14.8. The topological polar surface area (TPSA) is 40.5 Å². The fourth-order valence-corrected chi connectivity index (χ4v) is 3.86. The fourth-order valence-electron chi connectivity index (χ4n) is 3.86. The minimum atomic E-state index is -0.379. The number of carbonyl (C=O) groups excluding carboxylic acids is 1. The lowest BCUT2D eigenvalue weighted by Crippen LogP contribution is -2.49. The second kappa shape index (κ2) is 6.14. The highest BCUT2D eigenvalue weighted by molar-refractivity contribution is 5.94. The van der Waals surface area contributed by atoms with Crippen molar-refractivity contribution in [1.82, 2.24) is 4.90 Å². The Kier molecular flexibility index (Phi) is 4.24. The van der Waals surface area contributed by atoms with Crippen LogP contribution in [0.5, 0.6) is 0 Å². The van der Waals surface area contributed by atoms with Gasteiger partial charge in [-0.05, 0) is 50.3 Å². The molecule has 1 saturated heterocycles. The molecule has 0 spiro atoms. The Morgan fingerprint density at radius 3 is 2.76 bits per heavy atom. The van der Waals surface area contributed by atoms with Crippen molar-refractivity contribution in [2.75, 3.05) is 6.54 Å². The predicted octanol–water partition coefficient (Wildman–Crippen LogP) is 2.98. The highest BCUT2D eigenvalue weighted by Gasteiger charge is 2.38. The molecule has 0 aromatic heterocycles. The van der Waals surface area contributed by atoms with Gasteiger partial charge in [-0.2, -0.15) is 0 Å². The first-order valence-electron chi connectivity index (χ1n) is 7.91. The Hall–Kier alpha value is -1.42. The van der Waals surface area contributed by atoms with Crippen LogP contribution < -0.4 is 0 Å². The third kappa shape index (κ3) is 2.95. The van der Waals surface area contributed by atoms with Crippen LogP contribution in [0.1, 0.15) is 48.9 Å². The van der Waals surface area contributed by atoms with E-state index in [1.165, 1.54) is 12.1 Å². The SMILES string of the molecule is O=C(c1cccc(F)c1)N1CCCCC1C1CCCC1O. The lowest BCUT2D eigenvalue weighted by Gasteiger charge is -2.40. The lowest BCUT2D eigenvalue weighted by molar-refractivity contribution is 0.0287. The number of halogens is 1. The summed E-state index contributed by atoms with van der Waals surface area (Å²) in [6, 6.07) is 6.00. The Balaban J connectivity index is 1.82. The maximum atomic E-state index is 13.3. The van der Waals surface area contributed by atoms with Crippen molar-refractivity contribution in [1.29, 1.82) is 0 Å². The second-order valence-electron chi connectivity index (χ2n) is 6.23. The summed E-state index contributed by atoms with van der Waals surface area (Å²) in [7, 11) is 0. The van der Waals surface area contributed by atoms with Gasteiger partial charge >= 0.3 is 0 Å². The molecule has 1 aliphatic carbocycles. The monoisotopic (exact) mass is 291 g/mol. The summed E-state index contributed by atoms with van der Waals surface area (Å²) in [4.78, 5) is 14.6. The molecule has 3 rings (SSSR count). The molecule has 1 saturated carbocycles. The molecule has 0 radical (unpaired) electrons. The van der Waals surface area contributed by atoms with Gasteiger partial charge in [0, 0.05) is 24.1 Å². The number of benzene rings is 1. The highest BCUT2D eigenvalue weighted by Crippen LogP contribution is 2.35. The second-order valence-corrected chi connectivity index (χ2v) is 6.23. The smallest absolute Gasteiger partial charge is 0.254 e. The zero-order valence-electron chi connectivity index (χ0n) is 12.2. The molecule has 1 aromatic rings. The molecular weight excluding hydrogens is 269 g/mol. The van der Waals surface area contributed by atoms with Crippen LogP contribution in [0.2, 0.25) is 0 Å². The fraction of sp³-hybridized carbons (Fsp3) is 0.588. The maximum absolute atomic E-state index is 13.3. The van der Waals surface area contributed by atoms with Crippen LogP contribution in [-0.4, -0.2) is 34.6 Å². The van der Waals surface area contributed by atoms with E-state index < -0.39 is 0 Å². The van der Waals surface area contributed by atoms with E-state index in [2.05, 4.69) is 0 Å². The summed E-state index contributed by atoms with van der Waals surface area (Å²) in [5.74, 6) is -0.295. The highest BCUT2D eigenvalue weighted by atomic mass is 19.1. The molecule has 3 atom stereocenters. The molecule has 1 heterocycles. The predicted molar refractivity (Wildman–Crippen MR) is 78.4 cm³/mol. The van der Waals surface area contributed by atoms with E-state index in [1.54, 1.807) is 12.1 Å². The normalized spacial score (nSPS) is 29.6. The molecule has 1 N–H and O–H groups in total. The molecule has 21 heavy (non-hydrogen) atoms. The van der Waals surface area contributed by atoms with E-state index in [1.807, 2.05) is 4.90 Å². The molecule has 3 unspecified atom stereocenters. The Labute approximate surface area is 124 Å². The van der Waals surface area contributed by atoms with Crippen LogP contribution in [-0.2, 0) is 0 Å². The van der Waals surface area contributed by atoms with Gasteiger partial charge in [-0.15, -0.1) is 0 Å². The van der Waals surface area contributed by atoms with Crippen molar-refractivity contribution in [3.8, 4) is 0 Å². The summed E-state index contributed by atoms with van der Waals surface area (Å²) in [6.45, 7) is 0.712. The largest absolute Gasteiger partial charge is 0.393 e. The van der Waals surface area contributed by atoms with Crippen LogP contribution >= 0.6 is 0 Å². The molecule has 1 amide bonds. The van der Waals surface area contributed by atoms with Gasteiger partial charge in [0.15, 0.2) is 0 Å². The van der Waals surface area contributed by atoms with Gasteiger partial charge in [-0.3, -0.25) is 4.79 Å². The van der Waals surface area contributed by atoms with Crippen molar-refractivity contribution >= 4 is 5.91 Å². The standard InChI is InChI=1S/C17H22FNO2/c18-13-6-3-5-12(11-13)17(21)19-10-2-1-8-15(19)14-7-4-9-16(14)20/h3,5-6,11,14-16,20H,1-2,4,7-10H2. The van der Waals surface area contributed by atoms with Crippen molar-refractivity contribution in [2.45, 2.75) is 50.7 Å². The number of hydrogen-bond acceptors (Lipinski definition) is 2. The average molecular weight is 291 g/mol. The summed E-state index contributed by atoms with van der Waals surface area (Å²) in [6.07, 6.45) is 5.59. The van der Waals surface area contributed by atoms with E-state index in [-0.39, 0.29) is 29.8 Å². The van der Waals surface area contributed by atoms with Crippen molar-refractivity contribution in [3.63, 3.8) is 0 Å². The number of aliphatic hydroxyl groups is 1. The van der Waals surface area contributed by atoms with Crippen LogP contribution in [0, 0.1) is 11.7 Å². The molecule has 1 aromatic carbocycles. The minimum absolute atomic E-state index is 0.0988. The van der Waals surface area contributed by atoms with Gasteiger partial charge in [0.1, 0.15) is 5.82 Å². The molecule has 4 heteroatoms. The third-order valence-corrected chi connectivity index (χ3v) is 4.91. The van der Waals surface area contributed by atoms with Crippen LogP contribution in [0.25, 0.3) is 0 Å². The molecule has 1 aliphatic heterocycles. The number of rotatable bonds is 2. The summed E-state index contributed by atoms with van der Waals surface area (Å²) < 4.78 is 13.3. The van der Waals surface area contributed by atoms with Crippen molar-refractivity contribution in [3.05, 3.63) is 35.6 Å². The van der Waals surface area contributed by atoms with E-state index in [0.29, 0.717) is 12.1 Å². The van der Waals surface area contributed by atoms with Crippen LogP contribution in [0.15, 0.2) is 24.3 Å². The number of carbonyl (C=O) groups is 1. The van der Waals surface area contributed by atoms with Crippen LogP contribution in [0.4, 0.5) is 4.39 Å². The van der Waals surface area contributed by atoms with Gasteiger partial charge in [-0.25, -0.2) is 4.39 Å². The first kappa shape index (κ1) is 14.5. The number of amides is 1. The molecule has 2 fully saturated rings. The van der Waals surface area contributed by atoms with E-state index in [9.17, 15) is 14.3 Å². The minimum Gasteiger partial charge on any atom is -0.393 e. The van der Waals surface area contributed by atoms with Crippen molar-refractivity contribution in [2.24, 2.45) is 5.92 Å². The zero-order valence-corrected chi connectivity index (χ0v) is 12.2. The van der Waals surface area contributed by atoms with Gasteiger partial charge < -0.3 is 10.0 Å². The summed E-state index contributed by atoms with van der Waals surface area (Å²) in [5.41, 5.74) is 0.411. The van der Waals surface area contributed by atoms with Crippen LogP contribution in [0.3, 0.4) is 0 Å².